The zero-order chi connectivity index (χ0) is 11.2. The molecule has 0 amide bonds. The molecular formula is C13H20N2O. The number of hydrogen-bond acceptors (Lipinski definition) is 3. The molecule has 0 bridgehead atoms. The Morgan fingerprint density at radius 1 is 1.44 bits per heavy atom. The summed E-state index contributed by atoms with van der Waals surface area (Å²) in [6, 6.07) is 4.66. The third-order valence-electron chi connectivity index (χ3n) is 3.32. The summed E-state index contributed by atoms with van der Waals surface area (Å²) >= 11 is 0. The third kappa shape index (κ3) is 3.03. The van der Waals surface area contributed by atoms with E-state index in [0.29, 0.717) is 12.6 Å². The zero-order valence-electron chi connectivity index (χ0n) is 9.68. The molecule has 2 heterocycles. The summed E-state index contributed by atoms with van der Waals surface area (Å²) in [4.78, 5) is 6.63. The predicted molar refractivity (Wildman–Crippen MR) is 64.0 cm³/mol. The van der Waals surface area contributed by atoms with Gasteiger partial charge in [0.15, 0.2) is 0 Å². The third-order valence-corrected chi connectivity index (χ3v) is 3.32. The Hall–Kier alpha value is -0.930. The van der Waals surface area contributed by atoms with E-state index in [9.17, 15) is 0 Å². The molecule has 0 saturated carbocycles. The molecule has 16 heavy (non-hydrogen) atoms. The number of likely N-dealkylation sites (tertiary alicyclic amines) is 1. The van der Waals surface area contributed by atoms with E-state index in [-0.39, 0.29) is 0 Å². The number of hydrogen-bond donors (Lipinski definition) is 1. The van der Waals surface area contributed by atoms with Crippen LogP contribution in [0.1, 0.15) is 31.2 Å². The Morgan fingerprint density at radius 2 is 2.38 bits per heavy atom. The van der Waals surface area contributed by atoms with Crippen molar-refractivity contribution >= 4 is 0 Å². The maximum Gasteiger partial charge on any atom is 0.0445 e. The van der Waals surface area contributed by atoms with E-state index in [0.717, 1.165) is 19.5 Å². The lowest BCUT2D eigenvalue weighted by Gasteiger charge is -2.35. The van der Waals surface area contributed by atoms with Gasteiger partial charge in [0.05, 0.1) is 0 Å². The van der Waals surface area contributed by atoms with Crippen molar-refractivity contribution in [2.45, 2.75) is 38.3 Å². The molecule has 1 N–H and O–H groups in total. The Morgan fingerprint density at radius 3 is 3.12 bits per heavy atom. The van der Waals surface area contributed by atoms with E-state index >= 15 is 0 Å². The van der Waals surface area contributed by atoms with Gasteiger partial charge in [-0.1, -0.05) is 12.5 Å². The fraction of sp³-hybridized carbons (Fsp3) is 0.615. The van der Waals surface area contributed by atoms with Crippen LogP contribution in [-0.4, -0.2) is 34.2 Å². The average Bonchev–Trinajstić information content (AvgIpc) is 2.33. The summed E-state index contributed by atoms with van der Waals surface area (Å²) in [5.74, 6) is 0. The molecule has 1 aromatic rings. The second kappa shape index (κ2) is 5.97. The van der Waals surface area contributed by atoms with Gasteiger partial charge in [-0.15, -0.1) is 0 Å². The van der Waals surface area contributed by atoms with Crippen LogP contribution in [0.5, 0.6) is 0 Å². The first kappa shape index (κ1) is 11.6. The number of aliphatic hydroxyl groups excluding tert-OH is 1. The summed E-state index contributed by atoms with van der Waals surface area (Å²) in [7, 11) is 0. The number of piperidine rings is 1. The Labute approximate surface area is 97.1 Å². The minimum Gasteiger partial charge on any atom is -0.396 e. The fourth-order valence-electron chi connectivity index (χ4n) is 2.47. The van der Waals surface area contributed by atoms with Crippen molar-refractivity contribution in [3.8, 4) is 0 Å². The van der Waals surface area contributed by atoms with Crippen molar-refractivity contribution in [1.82, 2.24) is 9.88 Å². The highest BCUT2D eigenvalue weighted by atomic mass is 16.3. The van der Waals surface area contributed by atoms with Crippen LogP contribution in [0, 0.1) is 0 Å². The molecule has 0 radical (unpaired) electrons. The maximum atomic E-state index is 9.06. The highest BCUT2D eigenvalue weighted by Crippen LogP contribution is 2.21. The summed E-state index contributed by atoms with van der Waals surface area (Å²) < 4.78 is 0. The van der Waals surface area contributed by atoms with Crippen LogP contribution in [0.15, 0.2) is 24.5 Å². The number of pyridine rings is 1. The lowest BCUT2D eigenvalue weighted by Crippen LogP contribution is -2.39. The van der Waals surface area contributed by atoms with Crippen molar-refractivity contribution in [1.29, 1.82) is 0 Å². The minimum atomic E-state index is 0.300. The van der Waals surface area contributed by atoms with Crippen molar-refractivity contribution in [2.24, 2.45) is 0 Å². The first-order valence-corrected chi connectivity index (χ1v) is 6.14. The molecule has 0 aliphatic carbocycles. The zero-order valence-corrected chi connectivity index (χ0v) is 9.68. The van der Waals surface area contributed by atoms with E-state index in [4.69, 9.17) is 5.11 Å². The summed E-state index contributed by atoms with van der Waals surface area (Å²) in [6.45, 7) is 2.42. The Balaban J connectivity index is 1.96. The first-order valence-electron chi connectivity index (χ1n) is 6.14. The average molecular weight is 220 g/mol. The van der Waals surface area contributed by atoms with Crippen molar-refractivity contribution in [3.63, 3.8) is 0 Å². The van der Waals surface area contributed by atoms with Gasteiger partial charge in [0.25, 0.3) is 0 Å². The standard InChI is InChI=1S/C13H20N2O/c16-9-6-13-5-1-2-8-15(13)11-12-4-3-7-14-10-12/h3-4,7,10,13,16H,1-2,5-6,8-9,11H2. The van der Waals surface area contributed by atoms with Crippen LogP contribution < -0.4 is 0 Å². The largest absolute Gasteiger partial charge is 0.396 e. The quantitative estimate of drug-likeness (QED) is 0.841. The fourth-order valence-corrected chi connectivity index (χ4v) is 2.47. The molecule has 1 aromatic heterocycles. The molecule has 1 atom stereocenters. The molecule has 0 aromatic carbocycles. The molecule has 1 aliphatic heterocycles. The van der Waals surface area contributed by atoms with E-state index in [1.165, 1.54) is 24.8 Å². The van der Waals surface area contributed by atoms with Crippen molar-refractivity contribution in [3.05, 3.63) is 30.1 Å². The van der Waals surface area contributed by atoms with Crippen molar-refractivity contribution in [2.75, 3.05) is 13.2 Å². The normalized spacial score (nSPS) is 22.2. The van der Waals surface area contributed by atoms with Crippen LogP contribution in [-0.2, 0) is 6.54 Å². The van der Waals surface area contributed by atoms with Gasteiger partial charge >= 0.3 is 0 Å². The predicted octanol–water partition coefficient (Wildman–Crippen LogP) is 1.82. The summed E-state index contributed by atoms with van der Waals surface area (Å²) in [5, 5.41) is 9.06. The molecule has 1 saturated heterocycles. The Bertz CT molecular complexity index is 300. The second-order valence-corrected chi connectivity index (χ2v) is 4.49. The highest BCUT2D eigenvalue weighted by molar-refractivity contribution is 5.08. The molecule has 88 valence electrons. The molecule has 1 fully saturated rings. The van der Waals surface area contributed by atoms with Crippen LogP contribution in [0.3, 0.4) is 0 Å². The Kier molecular flexibility index (Phi) is 4.31. The monoisotopic (exact) mass is 220 g/mol. The van der Waals surface area contributed by atoms with E-state index in [1.807, 2.05) is 18.5 Å². The van der Waals surface area contributed by atoms with Gasteiger partial charge in [-0.05, 0) is 37.4 Å². The molecule has 1 unspecified atom stereocenters. The van der Waals surface area contributed by atoms with Gasteiger partial charge in [0.1, 0.15) is 0 Å². The SMILES string of the molecule is OCCC1CCCCN1Cc1cccnc1. The maximum absolute atomic E-state index is 9.06. The summed E-state index contributed by atoms with van der Waals surface area (Å²) in [6.07, 6.45) is 8.45. The van der Waals surface area contributed by atoms with E-state index in [1.54, 1.807) is 0 Å². The van der Waals surface area contributed by atoms with Gasteiger partial charge in [-0.2, -0.15) is 0 Å². The second-order valence-electron chi connectivity index (χ2n) is 4.49. The van der Waals surface area contributed by atoms with Gasteiger partial charge in [0, 0.05) is 31.6 Å². The number of rotatable bonds is 4. The highest BCUT2D eigenvalue weighted by Gasteiger charge is 2.21. The lowest BCUT2D eigenvalue weighted by atomic mass is 9.99. The summed E-state index contributed by atoms with van der Waals surface area (Å²) in [5.41, 5.74) is 1.27. The first-order chi connectivity index (χ1) is 7.90. The van der Waals surface area contributed by atoms with Crippen LogP contribution in [0.25, 0.3) is 0 Å². The van der Waals surface area contributed by atoms with Gasteiger partial charge < -0.3 is 5.11 Å². The number of aliphatic hydroxyl groups is 1. The van der Waals surface area contributed by atoms with Gasteiger partial charge in [0.2, 0.25) is 0 Å². The molecule has 3 nitrogen and oxygen atoms in total. The molecular weight excluding hydrogens is 200 g/mol. The van der Waals surface area contributed by atoms with Crippen molar-refractivity contribution < 1.29 is 5.11 Å². The number of nitrogens with zero attached hydrogens (tertiary/aromatic N) is 2. The molecule has 1 aliphatic rings. The smallest absolute Gasteiger partial charge is 0.0445 e. The van der Waals surface area contributed by atoms with E-state index < -0.39 is 0 Å². The van der Waals surface area contributed by atoms with Gasteiger partial charge in [-0.25, -0.2) is 0 Å². The molecule has 2 rings (SSSR count). The van der Waals surface area contributed by atoms with Crippen LogP contribution >= 0.6 is 0 Å². The van der Waals surface area contributed by atoms with Crippen LogP contribution in [0.4, 0.5) is 0 Å². The lowest BCUT2D eigenvalue weighted by molar-refractivity contribution is 0.112. The molecule has 0 spiro atoms. The minimum absolute atomic E-state index is 0.300. The van der Waals surface area contributed by atoms with E-state index in [2.05, 4.69) is 16.0 Å². The topological polar surface area (TPSA) is 36.4 Å². The van der Waals surface area contributed by atoms with Crippen LogP contribution in [0.2, 0.25) is 0 Å². The molecule has 3 heteroatoms. The van der Waals surface area contributed by atoms with Gasteiger partial charge in [-0.3, -0.25) is 9.88 Å². The number of aromatic nitrogens is 1.